The van der Waals surface area contributed by atoms with Crippen molar-refractivity contribution in [2.75, 3.05) is 32.1 Å². The minimum atomic E-state index is -0.942. The maximum absolute atomic E-state index is 15.1. The van der Waals surface area contributed by atoms with Gasteiger partial charge in [-0.25, -0.2) is 4.39 Å². The number of methoxy groups -OCH3 is 1. The molecule has 224 valence electrons. The average Bonchev–Trinajstić information content (AvgIpc) is 3.01. The van der Waals surface area contributed by atoms with Gasteiger partial charge >= 0.3 is 11.8 Å². The normalized spacial score (nSPS) is 13.4. The minimum absolute atomic E-state index is 0.0738. The molecular formula is C32H32ClFN4O5. The molecule has 5 rings (SSSR count). The van der Waals surface area contributed by atoms with Gasteiger partial charge in [0.05, 0.1) is 19.2 Å². The number of halogens is 2. The van der Waals surface area contributed by atoms with E-state index in [0.717, 1.165) is 37.6 Å². The number of pyridine rings is 1. The van der Waals surface area contributed by atoms with E-state index in [4.69, 9.17) is 25.8 Å². The predicted octanol–water partition coefficient (Wildman–Crippen LogP) is 5.77. The van der Waals surface area contributed by atoms with Crippen LogP contribution in [-0.2, 0) is 16.1 Å². The van der Waals surface area contributed by atoms with E-state index in [1.807, 2.05) is 19.1 Å². The van der Waals surface area contributed by atoms with Gasteiger partial charge in [0.2, 0.25) is 0 Å². The number of carbonyl (C=O) groups excluding carboxylic acids is 2. The molecule has 9 nitrogen and oxygen atoms in total. The molecule has 1 aromatic heterocycles. The first-order chi connectivity index (χ1) is 20.8. The highest BCUT2D eigenvalue weighted by molar-refractivity contribution is 6.39. The van der Waals surface area contributed by atoms with E-state index in [0.29, 0.717) is 51.3 Å². The van der Waals surface area contributed by atoms with Crippen molar-refractivity contribution < 1.29 is 28.2 Å². The Labute approximate surface area is 253 Å². The summed E-state index contributed by atoms with van der Waals surface area (Å²) in [7, 11) is 1.56. The van der Waals surface area contributed by atoms with Crippen molar-refractivity contribution in [2.45, 2.75) is 26.3 Å². The number of benzene rings is 3. The van der Waals surface area contributed by atoms with E-state index in [-0.39, 0.29) is 18.0 Å². The Bertz CT molecular complexity index is 1640. The zero-order valence-electron chi connectivity index (χ0n) is 23.8. The summed E-state index contributed by atoms with van der Waals surface area (Å²) >= 11 is 6.15. The predicted molar refractivity (Wildman–Crippen MR) is 163 cm³/mol. The maximum Gasteiger partial charge on any atom is 0.313 e. The third-order valence-corrected chi connectivity index (χ3v) is 7.55. The number of hydrogen-bond acceptors (Lipinski definition) is 7. The number of nitrogens with zero attached hydrogens (tertiary/aromatic N) is 1. The van der Waals surface area contributed by atoms with Gasteiger partial charge in [-0.2, -0.15) is 0 Å². The van der Waals surface area contributed by atoms with E-state index < -0.39 is 17.6 Å². The molecule has 0 saturated carbocycles. The summed E-state index contributed by atoms with van der Waals surface area (Å²) < 4.78 is 32.7. The number of rotatable bonds is 9. The van der Waals surface area contributed by atoms with Crippen molar-refractivity contribution in [2.24, 2.45) is 5.92 Å². The first-order valence-corrected chi connectivity index (χ1v) is 14.3. The third-order valence-electron chi connectivity index (χ3n) is 7.18. The Kier molecular flexibility index (Phi) is 9.58. The molecule has 0 bridgehead atoms. The van der Waals surface area contributed by atoms with E-state index in [1.165, 1.54) is 12.1 Å². The van der Waals surface area contributed by atoms with Gasteiger partial charge in [0.25, 0.3) is 0 Å². The lowest BCUT2D eigenvalue weighted by molar-refractivity contribution is -0.136. The molecule has 0 unspecified atom stereocenters. The summed E-state index contributed by atoms with van der Waals surface area (Å²) in [4.78, 5) is 29.2. The Morgan fingerprint density at radius 2 is 1.81 bits per heavy atom. The van der Waals surface area contributed by atoms with E-state index in [2.05, 4.69) is 20.9 Å². The summed E-state index contributed by atoms with van der Waals surface area (Å²) in [5.74, 6) is -0.712. The van der Waals surface area contributed by atoms with Crippen molar-refractivity contribution in [1.29, 1.82) is 0 Å². The molecule has 4 aromatic rings. The maximum atomic E-state index is 15.1. The number of carbonyl (C=O) groups is 2. The van der Waals surface area contributed by atoms with Gasteiger partial charge < -0.3 is 30.2 Å². The second-order valence-corrected chi connectivity index (χ2v) is 10.7. The fourth-order valence-electron chi connectivity index (χ4n) is 4.81. The number of aromatic nitrogens is 1. The second kappa shape index (κ2) is 13.7. The zero-order chi connectivity index (χ0) is 30.3. The van der Waals surface area contributed by atoms with Crippen LogP contribution in [0.5, 0.6) is 23.0 Å². The molecule has 0 radical (unpaired) electrons. The number of fused-ring (bicyclic) bond motifs is 1. The van der Waals surface area contributed by atoms with E-state index in [9.17, 15) is 9.59 Å². The molecule has 2 heterocycles. The molecule has 1 aliphatic heterocycles. The van der Waals surface area contributed by atoms with Crippen molar-refractivity contribution in [3.8, 4) is 23.0 Å². The summed E-state index contributed by atoms with van der Waals surface area (Å²) in [5.41, 5.74) is 2.34. The molecule has 3 N–H and O–H groups in total. The fourth-order valence-corrected chi connectivity index (χ4v) is 4.99. The number of ether oxygens (including phenoxy) is 3. The number of piperidine rings is 1. The standard InChI is InChI=1S/C32H32ClFN4O5/c1-19-3-5-24(33)21(13-19)17-37-31(39)32(40)38-22-4-6-28(25(34)14-22)43-27-9-12-36-26-16-30(29(41-2)15-23(26)27)42-18-20-7-10-35-11-8-20/h3-6,9,12-16,20,35H,7-8,10-11,17-18H2,1-2H3,(H,37,39)(H,38,40). The second-order valence-electron chi connectivity index (χ2n) is 10.3. The van der Waals surface area contributed by atoms with Crippen molar-refractivity contribution in [3.63, 3.8) is 0 Å². The lowest BCUT2D eigenvalue weighted by Crippen LogP contribution is -2.35. The number of aryl methyl sites for hydroxylation is 1. The van der Waals surface area contributed by atoms with Crippen LogP contribution in [0.25, 0.3) is 10.9 Å². The number of hydrogen-bond donors (Lipinski definition) is 3. The quantitative estimate of drug-likeness (QED) is 0.207. The van der Waals surface area contributed by atoms with Gasteiger partial charge in [-0.15, -0.1) is 0 Å². The van der Waals surface area contributed by atoms with Crippen LogP contribution >= 0.6 is 11.6 Å². The van der Waals surface area contributed by atoms with Crippen LogP contribution in [0.2, 0.25) is 5.02 Å². The summed E-state index contributed by atoms with van der Waals surface area (Å²) in [6.45, 7) is 4.51. The highest BCUT2D eigenvalue weighted by Gasteiger charge is 2.19. The van der Waals surface area contributed by atoms with Crippen molar-refractivity contribution in [3.05, 3.63) is 82.8 Å². The summed E-state index contributed by atoms with van der Waals surface area (Å²) in [6, 6.07) is 14.4. The Morgan fingerprint density at radius 3 is 2.58 bits per heavy atom. The smallest absolute Gasteiger partial charge is 0.313 e. The fraction of sp³-hybridized carbons (Fsp3) is 0.281. The van der Waals surface area contributed by atoms with E-state index >= 15 is 4.39 Å². The van der Waals surface area contributed by atoms with Crippen LogP contribution in [0, 0.1) is 18.7 Å². The van der Waals surface area contributed by atoms with E-state index in [1.54, 1.807) is 37.6 Å². The molecule has 0 atom stereocenters. The summed E-state index contributed by atoms with van der Waals surface area (Å²) in [5, 5.41) is 9.35. The van der Waals surface area contributed by atoms with Crippen LogP contribution in [0.3, 0.4) is 0 Å². The Hall–Kier alpha value is -4.41. The number of amides is 2. The Morgan fingerprint density at radius 1 is 1.00 bits per heavy atom. The Balaban J connectivity index is 1.25. The highest BCUT2D eigenvalue weighted by Crippen LogP contribution is 2.38. The monoisotopic (exact) mass is 606 g/mol. The van der Waals surface area contributed by atoms with Crippen LogP contribution in [0.4, 0.5) is 10.1 Å². The van der Waals surface area contributed by atoms with Gasteiger partial charge in [-0.05, 0) is 74.7 Å². The molecule has 3 aromatic carbocycles. The first kappa shape index (κ1) is 30.1. The van der Waals surface area contributed by atoms with Crippen molar-refractivity contribution >= 4 is 40.0 Å². The van der Waals surface area contributed by atoms with Gasteiger partial charge in [0.15, 0.2) is 23.1 Å². The SMILES string of the molecule is COc1cc2c(Oc3ccc(NC(=O)C(=O)NCc4cc(C)ccc4Cl)cc3F)ccnc2cc1OCC1CCNCC1. The lowest BCUT2D eigenvalue weighted by Gasteiger charge is -2.23. The largest absolute Gasteiger partial charge is 0.493 e. The molecule has 11 heteroatoms. The number of anilines is 1. The molecular weight excluding hydrogens is 575 g/mol. The van der Waals surface area contributed by atoms with Crippen LogP contribution in [0.1, 0.15) is 24.0 Å². The molecule has 1 saturated heterocycles. The highest BCUT2D eigenvalue weighted by atomic mass is 35.5. The van der Waals surface area contributed by atoms with Gasteiger partial charge in [-0.1, -0.05) is 29.3 Å². The van der Waals surface area contributed by atoms with Crippen LogP contribution in [0.15, 0.2) is 60.8 Å². The van der Waals surface area contributed by atoms with Gasteiger partial charge in [0.1, 0.15) is 5.75 Å². The molecule has 1 aliphatic rings. The minimum Gasteiger partial charge on any atom is -0.493 e. The van der Waals surface area contributed by atoms with Gasteiger partial charge in [-0.3, -0.25) is 14.6 Å². The van der Waals surface area contributed by atoms with Crippen molar-refractivity contribution in [1.82, 2.24) is 15.6 Å². The molecule has 0 aliphatic carbocycles. The number of nitrogens with one attached hydrogen (secondary N) is 3. The third kappa shape index (κ3) is 7.52. The first-order valence-electron chi connectivity index (χ1n) is 13.9. The molecule has 1 fully saturated rings. The molecule has 43 heavy (non-hydrogen) atoms. The van der Waals surface area contributed by atoms with Crippen LogP contribution < -0.4 is 30.2 Å². The van der Waals surface area contributed by atoms with Gasteiger partial charge in [0, 0.05) is 41.0 Å². The molecule has 0 spiro atoms. The lowest BCUT2D eigenvalue weighted by atomic mass is 9.99. The zero-order valence-corrected chi connectivity index (χ0v) is 24.6. The average molecular weight is 607 g/mol. The topological polar surface area (TPSA) is 111 Å². The summed E-state index contributed by atoms with van der Waals surface area (Å²) in [6.07, 6.45) is 3.67. The van der Waals surface area contributed by atoms with Crippen LogP contribution in [-0.4, -0.2) is 43.6 Å². The molecule has 2 amide bonds.